The van der Waals surface area contributed by atoms with Gasteiger partial charge in [-0.25, -0.2) is 13.3 Å². The van der Waals surface area contributed by atoms with Gasteiger partial charge in [0.25, 0.3) is 0 Å². The quantitative estimate of drug-likeness (QED) is 0.265. The Hall–Kier alpha value is -2.30. The fraction of sp³-hybridized carbons (Fsp3) is 0.308. The molecule has 0 amide bonds. The van der Waals surface area contributed by atoms with E-state index in [1.54, 1.807) is 57.2 Å². The molecule has 0 fully saturated rings. The van der Waals surface area contributed by atoms with Crippen LogP contribution in [0.4, 0.5) is 22.0 Å². The highest BCUT2D eigenvalue weighted by Crippen LogP contribution is 2.39. The summed E-state index contributed by atoms with van der Waals surface area (Å²) in [5.74, 6) is -1.77. The topological polar surface area (TPSA) is 38.3 Å². The lowest BCUT2D eigenvalue weighted by atomic mass is 9.78. The summed E-state index contributed by atoms with van der Waals surface area (Å²) in [6, 6.07) is 18.7. The first-order valence-corrected chi connectivity index (χ1v) is 12.8. The Morgan fingerprint density at radius 3 is 2.19 bits per heavy atom. The summed E-state index contributed by atoms with van der Waals surface area (Å²) in [5.41, 5.74) is -0.0537. The second kappa shape index (κ2) is 11.0. The van der Waals surface area contributed by atoms with Crippen molar-refractivity contribution < 1.29 is 30.9 Å². The Labute approximate surface area is 217 Å². The molecule has 3 nitrogen and oxygen atoms in total. The lowest BCUT2D eigenvalue weighted by Crippen LogP contribution is -2.50. The monoisotopic (exact) mass is 589 g/mol. The van der Waals surface area contributed by atoms with Crippen LogP contribution in [0.3, 0.4) is 0 Å². The highest BCUT2D eigenvalue weighted by Gasteiger charge is 2.45. The van der Waals surface area contributed by atoms with E-state index in [0.717, 1.165) is 17.7 Å². The summed E-state index contributed by atoms with van der Waals surface area (Å²) in [7, 11) is -1.72. The molecule has 36 heavy (non-hydrogen) atoms. The summed E-state index contributed by atoms with van der Waals surface area (Å²) >= 11 is 3.42. The van der Waals surface area contributed by atoms with Crippen LogP contribution in [0, 0.1) is 5.82 Å². The van der Waals surface area contributed by atoms with E-state index in [-0.39, 0.29) is 12.0 Å². The molecule has 0 aliphatic heterocycles. The molecule has 0 aliphatic rings. The maximum Gasteiger partial charge on any atom is 0.461 e. The minimum Gasteiger partial charge on any atom is -0.428 e. The third-order valence-electron chi connectivity index (χ3n) is 5.32. The number of hydrogen-bond donors (Lipinski definition) is 1. The van der Waals surface area contributed by atoms with Crippen molar-refractivity contribution in [1.29, 1.82) is 0 Å². The zero-order valence-corrected chi connectivity index (χ0v) is 22.1. The lowest BCUT2D eigenvalue weighted by Gasteiger charge is -2.38. The van der Waals surface area contributed by atoms with Gasteiger partial charge in [-0.05, 0) is 68.1 Å². The maximum atomic E-state index is 14.8. The van der Waals surface area contributed by atoms with Crippen LogP contribution >= 0.6 is 15.9 Å². The predicted octanol–water partition coefficient (Wildman–Crippen LogP) is 7.36. The van der Waals surface area contributed by atoms with E-state index in [0.29, 0.717) is 16.1 Å². The van der Waals surface area contributed by atoms with E-state index in [1.807, 2.05) is 18.2 Å². The van der Waals surface area contributed by atoms with Gasteiger partial charge in [-0.15, -0.1) is 0 Å². The summed E-state index contributed by atoms with van der Waals surface area (Å²) in [6.07, 6.45) is -8.82. The molecule has 0 saturated carbocycles. The predicted molar refractivity (Wildman–Crippen MR) is 134 cm³/mol. The van der Waals surface area contributed by atoms with Crippen molar-refractivity contribution in [2.75, 3.05) is 0 Å². The molecule has 0 saturated heterocycles. The Bertz CT molecular complexity index is 1220. The molecule has 0 aliphatic carbocycles. The van der Waals surface area contributed by atoms with Gasteiger partial charge in [-0.1, -0.05) is 58.4 Å². The third kappa shape index (κ3) is 6.72. The smallest absolute Gasteiger partial charge is 0.428 e. The fourth-order valence-electron chi connectivity index (χ4n) is 3.56. The molecule has 0 bridgehead atoms. The molecule has 194 valence electrons. The summed E-state index contributed by atoms with van der Waals surface area (Å²) in [5, 5.41) is 0. The first kappa shape index (κ1) is 28.3. The van der Waals surface area contributed by atoms with Gasteiger partial charge in [0, 0.05) is 10.5 Å². The van der Waals surface area contributed by atoms with Gasteiger partial charge in [0.05, 0.1) is 21.3 Å². The first-order valence-electron chi connectivity index (χ1n) is 10.9. The van der Waals surface area contributed by atoms with Crippen molar-refractivity contribution in [2.45, 2.75) is 50.0 Å². The number of ether oxygens (including phenoxy) is 1. The van der Waals surface area contributed by atoms with Gasteiger partial charge in [-0.3, -0.25) is 0 Å². The average molecular weight is 590 g/mol. The van der Waals surface area contributed by atoms with Gasteiger partial charge < -0.3 is 4.74 Å². The Kier molecular flexibility index (Phi) is 8.63. The van der Waals surface area contributed by atoms with Crippen LogP contribution < -0.4 is 9.46 Å². The largest absolute Gasteiger partial charge is 0.461 e. The second-order valence-electron chi connectivity index (χ2n) is 9.20. The van der Waals surface area contributed by atoms with Crippen molar-refractivity contribution >= 4 is 26.9 Å². The van der Waals surface area contributed by atoms with Gasteiger partial charge in [0.15, 0.2) is 0 Å². The van der Waals surface area contributed by atoms with E-state index < -0.39 is 45.4 Å². The number of hydrogen-bond acceptors (Lipinski definition) is 2. The molecule has 1 N–H and O–H groups in total. The van der Waals surface area contributed by atoms with Gasteiger partial charge >= 0.3 is 12.5 Å². The minimum atomic E-state index is -4.83. The molecule has 2 atom stereocenters. The van der Waals surface area contributed by atoms with E-state index in [2.05, 4.69) is 25.4 Å². The van der Waals surface area contributed by atoms with Gasteiger partial charge in [-0.2, -0.15) is 17.6 Å². The summed E-state index contributed by atoms with van der Waals surface area (Å²) in [4.78, 5) is 0. The first-order chi connectivity index (χ1) is 16.7. The van der Waals surface area contributed by atoms with E-state index in [4.69, 9.17) is 0 Å². The second-order valence-corrected chi connectivity index (χ2v) is 12.1. The van der Waals surface area contributed by atoms with Crippen LogP contribution in [-0.4, -0.2) is 21.5 Å². The van der Waals surface area contributed by atoms with Crippen molar-refractivity contribution in [3.8, 4) is 5.75 Å². The Balaban J connectivity index is 2.30. The number of benzene rings is 3. The van der Waals surface area contributed by atoms with Crippen LogP contribution in [0.25, 0.3) is 0 Å². The molecule has 3 aromatic carbocycles. The third-order valence-corrected chi connectivity index (χ3v) is 7.46. The van der Waals surface area contributed by atoms with Crippen molar-refractivity contribution in [2.24, 2.45) is 0 Å². The van der Waals surface area contributed by atoms with Crippen LogP contribution in [0.2, 0.25) is 0 Å². The molecule has 0 heterocycles. The number of alkyl halides is 4. The van der Waals surface area contributed by atoms with Crippen molar-refractivity contribution in [1.82, 2.24) is 4.72 Å². The van der Waals surface area contributed by atoms with Crippen LogP contribution in [0.5, 0.6) is 5.75 Å². The SMILES string of the molecule is CC(C)(C)[S@@](=O)N[C@](Cc1ccccc1)(c1cccc(Br)c1)c1cc(F)cc(OC(F)(F)C(F)F)c1. The minimum absolute atomic E-state index is 0.0714. The molecule has 0 aromatic heterocycles. The van der Waals surface area contributed by atoms with Crippen LogP contribution in [0.15, 0.2) is 77.3 Å². The number of nitrogens with one attached hydrogen (secondary N) is 1. The Morgan fingerprint density at radius 1 is 0.944 bits per heavy atom. The fourth-order valence-corrected chi connectivity index (χ4v) is 4.89. The maximum absolute atomic E-state index is 14.8. The zero-order valence-electron chi connectivity index (χ0n) is 19.7. The van der Waals surface area contributed by atoms with Crippen molar-refractivity contribution in [3.05, 3.63) is 99.8 Å². The highest BCUT2D eigenvalue weighted by atomic mass is 79.9. The summed E-state index contributed by atoms with van der Waals surface area (Å²) < 4.78 is 88.5. The summed E-state index contributed by atoms with van der Waals surface area (Å²) in [6.45, 7) is 5.23. The number of halogens is 6. The standard InChI is InChI=1S/C26H25BrF5NO2S/c1-24(2,3)36(34)33-25(16-17-8-5-4-6-9-17,18-10-7-11-20(27)12-18)19-13-21(28)15-22(14-19)35-26(31,32)23(29)30/h4-15,23,33H,16H2,1-3H3/t25-,36-/m1/s1. The molecule has 3 rings (SSSR count). The van der Waals surface area contributed by atoms with Gasteiger partial charge in [0.1, 0.15) is 11.6 Å². The molecular formula is C26H25BrF5NO2S. The lowest BCUT2D eigenvalue weighted by molar-refractivity contribution is -0.253. The van der Waals surface area contributed by atoms with Crippen LogP contribution in [0.1, 0.15) is 37.5 Å². The van der Waals surface area contributed by atoms with Gasteiger partial charge in [0.2, 0.25) is 0 Å². The Morgan fingerprint density at radius 2 is 1.61 bits per heavy atom. The molecular weight excluding hydrogens is 565 g/mol. The zero-order chi connectivity index (χ0) is 26.7. The molecule has 0 unspecified atom stereocenters. The van der Waals surface area contributed by atoms with Crippen LogP contribution in [-0.2, 0) is 22.9 Å². The average Bonchev–Trinajstić information content (AvgIpc) is 2.77. The number of rotatable bonds is 9. The van der Waals surface area contributed by atoms with E-state index in [1.165, 1.54) is 0 Å². The molecule has 0 spiro atoms. The normalized spacial score (nSPS) is 14.9. The molecule has 0 radical (unpaired) electrons. The van der Waals surface area contributed by atoms with Crippen molar-refractivity contribution in [3.63, 3.8) is 0 Å². The van der Waals surface area contributed by atoms with E-state index in [9.17, 15) is 26.2 Å². The molecule has 10 heteroatoms. The highest BCUT2D eigenvalue weighted by molar-refractivity contribution is 9.10. The van der Waals surface area contributed by atoms with E-state index >= 15 is 0 Å². The molecule has 3 aromatic rings.